The lowest BCUT2D eigenvalue weighted by Gasteiger charge is -2.08. The Morgan fingerprint density at radius 1 is 1.14 bits per heavy atom. The molecule has 1 saturated carbocycles. The number of para-hydroxylation sites is 2. The molecular formula is C17H15FN2O. The summed E-state index contributed by atoms with van der Waals surface area (Å²) < 4.78 is 16.1. The Bertz CT molecular complexity index is 821. The van der Waals surface area contributed by atoms with Crippen molar-refractivity contribution < 1.29 is 9.50 Å². The highest BCUT2D eigenvalue weighted by molar-refractivity contribution is 5.77. The van der Waals surface area contributed by atoms with Crippen molar-refractivity contribution >= 4 is 11.0 Å². The lowest BCUT2D eigenvalue weighted by atomic mass is 10.1. The largest absolute Gasteiger partial charge is 0.508 e. The Balaban J connectivity index is 1.86. The number of rotatable bonds is 3. The smallest absolute Gasteiger partial charge is 0.151 e. The molecule has 1 aromatic heterocycles. The van der Waals surface area contributed by atoms with Gasteiger partial charge in [0.2, 0.25) is 0 Å². The van der Waals surface area contributed by atoms with Crippen molar-refractivity contribution in [3.05, 3.63) is 59.7 Å². The fourth-order valence-corrected chi connectivity index (χ4v) is 2.83. The van der Waals surface area contributed by atoms with Crippen molar-refractivity contribution in [2.45, 2.75) is 25.3 Å². The first-order valence-electron chi connectivity index (χ1n) is 7.16. The third kappa shape index (κ3) is 2.07. The van der Waals surface area contributed by atoms with Crippen molar-refractivity contribution in [2.24, 2.45) is 0 Å². The molecule has 0 aliphatic heterocycles. The van der Waals surface area contributed by atoms with Gasteiger partial charge in [0, 0.05) is 18.0 Å². The number of aromatic nitrogens is 2. The van der Waals surface area contributed by atoms with Crippen LogP contribution in [0.25, 0.3) is 11.0 Å². The molecule has 3 aromatic rings. The highest BCUT2D eigenvalue weighted by Gasteiger charge is 2.29. The summed E-state index contributed by atoms with van der Waals surface area (Å²) in [6.45, 7) is 0. The first-order chi connectivity index (χ1) is 10.2. The van der Waals surface area contributed by atoms with Crippen molar-refractivity contribution in [3.8, 4) is 5.75 Å². The number of hydrogen-bond donors (Lipinski definition) is 1. The quantitative estimate of drug-likeness (QED) is 0.793. The minimum absolute atomic E-state index is 0.257. The van der Waals surface area contributed by atoms with E-state index in [1.165, 1.54) is 6.07 Å². The van der Waals surface area contributed by atoms with Crippen molar-refractivity contribution in [2.75, 3.05) is 0 Å². The molecule has 1 aliphatic carbocycles. The van der Waals surface area contributed by atoms with E-state index in [1.807, 2.05) is 18.2 Å². The van der Waals surface area contributed by atoms with Crippen LogP contribution in [0.4, 0.5) is 4.39 Å². The highest BCUT2D eigenvalue weighted by Crippen LogP contribution is 2.39. The molecule has 1 aliphatic rings. The molecule has 0 radical (unpaired) electrons. The summed E-state index contributed by atoms with van der Waals surface area (Å²) >= 11 is 0. The van der Waals surface area contributed by atoms with Crippen LogP contribution in [0.15, 0.2) is 42.5 Å². The molecule has 106 valence electrons. The van der Waals surface area contributed by atoms with Crippen molar-refractivity contribution in [3.63, 3.8) is 0 Å². The summed E-state index contributed by atoms with van der Waals surface area (Å²) in [6, 6.07) is 12.7. The fourth-order valence-electron chi connectivity index (χ4n) is 2.83. The average molecular weight is 282 g/mol. The number of imidazole rings is 1. The van der Waals surface area contributed by atoms with E-state index in [4.69, 9.17) is 0 Å². The maximum atomic E-state index is 14.0. The molecule has 1 N–H and O–H groups in total. The lowest BCUT2D eigenvalue weighted by molar-refractivity contribution is 0.468. The minimum Gasteiger partial charge on any atom is -0.508 e. The molecule has 4 rings (SSSR count). The number of hydrogen-bond acceptors (Lipinski definition) is 2. The van der Waals surface area contributed by atoms with E-state index in [9.17, 15) is 9.50 Å². The van der Waals surface area contributed by atoms with E-state index in [2.05, 4.69) is 9.55 Å². The summed E-state index contributed by atoms with van der Waals surface area (Å²) in [4.78, 5) is 4.49. The average Bonchev–Trinajstić information content (AvgIpc) is 3.24. The lowest BCUT2D eigenvalue weighted by Crippen LogP contribution is -2.02. The number of benzene rings is 2. The standard InChI is InChI=1S/C17H15FN2O/c18-13-5-3-6-14-17(13)19-16(20(14)12-8-9-12)10-11-4-1-2-7-15(11)21/h1-7,12,21H,8-10H2. The van der Waals surface area contributed by atoms with Crippen LogP contribution in [0.1, 0.15) is 30.3 Å². The Labute approximate surface area is 121 Å². The highest BCUT2D eigenvalue weighted by atomic mass is 19.1. The predicted octanol–water partition coefficient (Wildman–Crippen LogP) is 3.81. The summed E-state index contributed by atoms with van der Waals surface area (Å²) in [5.41, 5.74) is 2.09. The van der Waals surface area contributed by atoms with Crippen LogP contribution < -0.4 is 0 Å². The van der Waals surface area contributed by atoms with Crippen molar-refractivity contribution in [1.82, 2.24) is 9.55 Å². The Morgan fingerprint density at radius 2 is 1.95 bits per heavy atom. The van der Waals surface area contributed by atoms with Crippen LogP contribution >= 0.6 is 0 Å². The van der Waals surface area contributed by atoms with E-state index in [1.54, 1.807) is 18.2 Å². The zero-order chi connectivity index (χ0) is 14.4. The molecule has 0 spiro atoms. The summed E-state index contributed by atoms with van der Waals surface area (Å²) in [7, 11) is 0. The van der Waals surface area contributed by atoms with Gasteiger partial charge < -0.3 is 9.67 Å². The van der Waals surface area contributed by atoms with Gasteiger partial charge in [-0.15, -0.1) is 0 Å². The third-order valence-corrected chi connectivity index (χ3v) is 4.00. The van der Waals surface area contributed by atoms with Crippen LogP contribution in [0, 0.1) is 5.82 Å². The van der Waals surface area contributed by atoms with Crippen LogP contribution in [0.3, 0.4) is 0 Å². The zero-order valence-electron chi connectivity index (χ0n) is 11.5. The Kier molecular flexibility index (Phi) is 2.70. The topological polar surface area (TPSA) is 38.1 Å². The van der Waals surface area contributed by atoms with E-state index >= 15 is 0 Å². The number of phenolic OH excluding ortho intramolecular Hbond substituents is 1. The van der Waals surface area contributed by atoms with E-state index in [-0.39, 0.29) is 11.6 Å². The van der Waals surface area contributed by atoms with Gasteiger partial charge in [-0.3, -0.25) is 0 Å². The van der Waals surface area contributed by atoms with Gasteiger partial charge in [0.15, 0.2) is 5.82 Å². The molecule has 2 aromatic carbocycles. The van der Waals surface area contributed by atoms with Gasteiger partial charge in [-0.1, -0.05) is 24.3 Å². The van der Waals surface area contributed by atoms with Gasteiger partial charge in [-0.25, -0.2) is 9.37 Å². The normalized spacial score (nSPS) is 14.7. The monoisotopic (exact) mass is 282 g/mol. The molecule has 1 heterocycles. The second kappa shape index (κ2) is 4.58. The van der Waals surface area contributed by atoms with E-state index in [0.29, 0.717) is 18.0 Å². The molecule has 0 atom stereocenters. The second-order valence-corrected chi connectivity index (χ2v) is 5.54. The van der Waals surface area contributed by atoms with Gasteiger partial charge in [0.25, 0.3) is 0 Å². The number of fused-ring (bicyclic) bond motifs is 1. The molecule has 0 amide bonds. The molecule has 4 heteroatoms. The molecule has 0 bridgehead atoms. The Morgan fingerprint density at radius 3 is 2.71 bits per heavy atom. The first-order valence-corrected chi connectivity index (χ1v) is 7.16. The minimum atomic E-state index is -0.287. The molecule has 21 heavy (non-hydrogen) atoms. The van der Waals surface area contributed by atoms with Gasteiger partial charge >= 0.3 is 0 Å². The first kappa shape index (κ1) is 12.4. The van der Waals surface area contributed by atoms with Crippen LogP contribution in [0.2, 0.25) is 0 Å². The SMILES string of the molecule is Oc1ccccc1Cc1nc2c(F)cccc2n1C1CC1. The Hall–Kier alpha value is -2.36. The molecular weight excluding hydrogens is 267 g/mol. The van der Waals surface area contributed by atoms with E-state index in [0.717, 1.165) is 29.7 Å². The molecule has 0 unspecified atom stereocenters. The van der Waals surface area contributed by atoms with Gasteiger partial charge in [-0.2, -0.15) is 0 Å². The second-order valence-electron chi connectivity index (χ2n) is 5.54. The molecule has 0 saturated heterocycles. The van der Waals surface area contributed by atoms with E-state index < -0.39 is 0 Å². The maximum Gasteiger partial charge on any atom is 0.151 e. The predicted molar refractivity (Wildman–Crippen MR) is 78.9 cm³/mol. The molecule has 3 nitrogen and oxygen atoms in total. The third-order valence-electron chi connectivity index (χ3n) is 4.00. The van der Waals surface area contributed by atoms with Crippen LogP contribution in [-0.4, -0.2) is 14.7 Å². The number of halogens is 1. The summed E-state index contributed by atoms with van der Waals surface area (Å²) in [6.07, 6.45) is 2.72. The fraction of sp³-hybridized carbons (Fsp3) is 0.235. The maximum absolute atomic E-state index is 14.0. The van der Waals surface area contributed by atoms with Gasteiger partial charge in [0.1, 0.15) is 17.1 Å². The number of nitrogens with zero attached hydrogens (tertiary/aromatic N) is 2. The molecule has 1 fully saturated rings. The van der Waals surface area contributed by atoms with Crippen molar-refractivity contribution in [1.29, 1.82) is 0 Å². The van der Waals surface area contributed by atoms with Gasteiger partial charge in [-0.05, 0) is 31.0 Å². The van der Waals surface area contributed by atoms with Crippen LogP contribution in [0.5, 0.6) is 5.75 Å². The van der Waals surface area contributed by atoms with Gasteiger partial charge in [0.05, 0.1) is 5.52 Å². The number of phenols is 1. The summed E-state index contributed by atoms with van der Waals surface area (Å²) in [5, 5.41) is 9.94. The summed E-state index contributed by atoms with van der Waals surface area (Å²) in [5.74, 6) is 0.789. The zero-order valence-corrected chi connectivity index (χ0v) is 11.5. The number of aromatic hydroxyl groups is 1. The van der Waals surface area contributed by atoms with Crippen LogP contribution in [-0.2, 0) is 6.42 Å².